The quantitative estimate of drug-likeness (QED) is 0.705. The van der Waals surface area contributed by atoms with Gasteiger partial charge in [-0.15, -0.1) is 0 Å². The fourth-order valence-corrected chi connectivity index (χ4v) is 0.932. The lowest BCUT2D eigenvalue weighted by molar-refractivity contribution is 1.29. The van der Waals surface area contributed by atoms with Crippen molar-refractivity contribution in [1.82, 2.24) is 15.0 Å². The van der Waals surface area contributed by atoms with Crippen molar-refractivity contribution >= 4 is 12.6 Å². The van der Waals surface area contributed by atoms with Crippen LogP contribution in [0.5, 0.6) is 0 Å². The minimum atomic E-state index is 0.929. The van der Waals surface area contributed by atoms with E-state index >= 15 is 0 Å². The molecule has 0 unspecified atom stereocenters. The van der Waals surface area contributed by atoms with Crippen LogP contribution in [-0.4, -0.2) is 20.7 Å². The van der Waals surface area contributed by atoms with Crippen LogP contribution in [0.1, 0.15) is 6.92 Å². The number of nitrogens with one attached hydrogen (secondary N) is 1. The lowest BCUT2D eigenvalue weighted by atomic mass is 10.2. The van der Waals surface area contributed by atoms with E-state index in [1.807, 2.05) is 25.3 Å². The second-order valence-electron chi connectivity index (χ2n) is 2.51. The summed E-state index contributed by atoms with van der Waals surface area (Å²) in [7, 11) is 0. The van der Waals surface area contributed by atoms with Gasteiger partial charge in [0.2, 0.25) is 0 Å². The second kappa shape index (κ2) is 6.21. The van der Waals surface area contributed by atoms with E-state index in [-0.39, 0.29) is 0 Å². The Morgan fingerprint density at radius 3 is 2.79 bits per heavy atom. The first kappa shape index (κ1) is 10.8. The van der Waals surface area contributed by atoms with Gasteiger partial charge in [-0.3, -0.25) is 4.98 Å². The van der Waals surface area contributed by atoms with E-state index in [4.69, 9.17) is 0 Å². The molecule has 1 N–H and O–H groups in total. The third kappa shape index (κ3) is 3.22. The molecular weight excluding hydrogens is 194 g/mol. The van der Waals surface area contributed by atoms with Gasteiger partial charge in [0.15, 0.2) is 0 Å². The first-order valence-electron chi connectivity index (χ1n) is 4.38. The summed E-state index contributed by atoms with van der Waals surface area (Å²) in [6, 6.07) is 3.87. The Bertz CT molecular complexity index is 332. The largest absolute Gasteiger partial charge is 0.351 e. The molecule has 0 saturated carbocycles. The molecule has 0 spiro atoms. The average molecular weight is 207 g/mol. The maximum Gasteiger partial charge on any atom is 0.0927 e. The number of rotatable bonds is 1. The summed E-state index contributed by atoms with van der Waals surface area (Å²) in [6.45, 7) is 1.99. The summed E-state index contributed by atoms with van der Waals surface area (Å²) >= 11 is 3.79. The number of aromatic amines is 1. The van der Waals surface area contributed by atoms with E-state index in [2.05, 4.69) is 27.6 Å². The van der Waals surface area contributed by atoms with Crippen LogP contribution < -0.4 is 0 Å². The van der Waals surface area contributed by atoms with Gasteiger partial charge in [0, 0.05) is 24.2 Å². The van der Waals surface area contributed by atoms with Gasteiger partial charge >= 0.3 is 0 Å². The van der Waals surface area contributed by atoms with E-state index in [0.717, 1.165) is 17.0 Å². The number of pyridine rings is 1. The number of H-pyrrole nitrogens is 1. The third-order valence-corrected chi connectivity index (χ3v) is 1.46. The summed E-state index contributed by atoms with van der Waals surface area (Å²) < 4.78 is 0. The SMILES string of the molecule is CCS.c1cncc(-c2c[nH]cn2)c1. The minimum Gasteiger partial charge on any atom is -0.351 e. The monoisotopic (exact) mass is 207 g/mol. The molecule has 0 aliphatic rings. The Hall–Kier alpha value is -1.29. The van der Waals surface area contributed by atoms with Crippen molar-refractivity contribution in [3.8, 4) is 11.3 Å². The molecule has 2 aromatic heterocycles. The van der Waals surface area contributed by atoms with Crippen LogP contribution in [-0.2, 0) is 0 Å². The van der Waals surface area contributed by atoms with Gasteiger partial charge in [-0.2, -0.15) is 12.6 Å². The van der Waals surface area contributed by atoms with E-state index in [0.29, 0.717) is 0 Å². The molecule has 0 saturated heterocycles. The molecule has 0 bridgehead atoms. The molecule has 0 aliphatic heterocycles. The molecule has 2 heterocycles. The van der Waals surface area contributed by atoms with Gasteiger partial charge in [0.1, 0.15) is 0 Å². The minimum absolute atomic E-state index is 0.929. The topological polar surface area (TPSA) is 41.6 Å². The predicted molar refractivity (Wildman–Crippen MR) is 61.3 cm³/mol. The van der Waals surface area contributed by atoms with Crippen molar-refractivity contribution in [3.63, 3.8) is 0 Å². The molecule has 0 atom stereocenters. The number of nitrogens with zero attached hydrogens (tertiary/aromatic N) is 2. The Kier molecular flexibility index (Phi) is 4.78. The second-order valence-corrected chi connectivity index (χ2v) is 3.14. The van der Waals surface area contributed by atoms with Crippen LogP contribution in [0.15, 0.2) is 37.1 Å². The molecular formula is C10H13N3S. The highest BCUT2D eigenvalue weighted by molar-refractivity contribution is 7.80. The standard InChI is InChI=1S/C8H7N3.C2H6S/c1-2-7(4-9-3-1)8-5-10-6-11-8;1-2-3/h1-6H,(H,10,11);3H,2H2,1H3. The summed E-state index contributed by atoms with van der Waals surface area (Å²) in [4.78, 5) is 11.0. The number of hydrogen-bond donors (Lipinski definition) is 2. The van der Waals surface area contributed by atoms with Crippen molar-refractivity contribution in [1.29, 1.82) is 0 Å². The Morgan fingerprint density at radius 2 is 2.29 bits per heavy atom. The van der Waals surface area contributed by atoms with Gasteiger partial charge < -0.3 is 4.98 Å². The highest BCUT2D eigenvalue weighted by atomic mass is 32.1. The number of thiol groups is 1. The molecule has 0 amide bonds. The zero-order chi connectivity index (χ0) is 10.2. The first-order chi connectivity index (χ1) is 6.88. The van der Waals surface area contributed by atoms with Crippen LogP contribution >= 0.6 is 12.6 Å². The molecule has 0 fully saturated rings. The smallest absolute Gasteiger partial charge is 0.0927 e. The fourth-order valence-electron chi connectivity index (χ4n) is 0.932. The molecule has 0 aliphatic carbocycles. The van der Waals surface area contributed by atoms with Crippen LogP contribution in [0, 0.1) is 0 Å². The molecule has 2 rings (SSSR count). The lowest BCUT2D eigenvalue weighted by Gasteiger charge is -1.91. The highest BCUT2D eigenvalue weighted by Gasteiger charge is 1.95. The van der Waals surface area contributed by atoms with Crippen LogP contribution in [0.2, 0.25) is 0 Å². The molecule has 0 aromatic carbocycles. The molecule has 2 aromatic rings. The number of imidazole rings is 1. The molecule has 3 nitrogen and oxygen atoms in total. The Morgan fingerprint density at radius 1 is 1.50 bits per heavy atom. The predicted octanol–water partition coefficient (Wildman–Crippen LogP) is 2.41. The van der Waals surface area contributed by atoms with Gasteiger partial charge in [0.25, 0.3) is 0 Å². The Labute approximate surface area is 89.0 Å². The van der Waals surface area contributed by atoms with Crippen molar-refractivity contribution in [3.05, 3.63) is 37.1 Å². The maximum absolute atomic E-state index is 4.09. The van der Waals surface area contributed by atoms with Crippen LogP contribution in [0.4, 0.5) is 0 Å². The zero-order valence-corrected chi connectivity index (χ0v) is 8.91. The van der Waals surface area contributed by atoms with Crippen molar-refractivity contribution in [2.45, 2.75) is 6.92 Å². The van der Waals surface area contributed by atoms with Crippen LogP contribution in [0.3, 0.4) is 0 Å². The molecule has 4 heteroatoms. The summed E-state index contributed by atoms with van der Waals surface area (Å²) in [5.74, 6) is 0.944. The van der Waals surface area contributed by atoms with Gasteiger partial charge in [0.05, 0.1) is 12.0 Å². The molecule has 0 radical (unpaired) electrons. The first-order valence-corrected chi connectivity index (χ1v) is 5.01. The van der Waals surface area contributed by atoms with Gasteiger partial charge in [-0.25, -0.2) is 4.98 Å². The third-order valence-electron chi connectivity index (χ3n) is 1.46. The summed E-state index contributed by atoms with van der Waals surface area (Å²) in [5, 5.41) is 0. The maximum atomic E-state index is 4.09. The lowest BCUT2D eigenvalue weighted by Crippen LogP contribution is -1.76. The summed E-state index contributed by atoms with van der Waals surface area (Å²) in [5.41, 5.74) is 1.96. The van der Waals surface area contributed by atoms with E-state index in [1.54, 1.807) is 18.7 Å². The number of hydrogen-bond acceptors (Lipinski definition) is 3. The normalized spacial score (nSPS) is 9.00. The van der Waals surface area contributed by atoms with E-state index in [9.17, 15) is 0 Å². The van der Waals surface area contributed by atoms with E-state index in [1.165, 1.54) is 0 Å². The highest BCUT2D eigenvalue weighted by Crippen LogP contribution is 2.12. The molecule has 74 valence electrons. The van der Waals surface area contributed by atoms with Crippen LogP contribution in [0.25, 0.3) is 11.3 Å². The zero-order valence-electron chi connectivity index (χ0n) is 8.01. The number of aromatic nitrogens is 3. The van der Waals surface area contributed by atoms with Crippen molar-refractivity contribution < 1.29 is 0 Å². The fraction of sp³-hybridized carbons (Fsp3) is 0.200. The van der Waals surface area contributed by atoms with Gasteiger partial charge in [-0.1, -0.05) is 6.92 Å². The van der Waals surface area contributed by atoms with E-state index < -0.39 is 0 Å². The Balaban J connectivity index is 0.000000293. The summed E-state index contributed by atoms with van der Waals surface area (Å²) in [6.07, 6.45) is 7.03. The van der Waals surface area contributed by atoms with Crippen molar-refractivity contribution in [2.24, 2.45) is 0 Å². The van der Waals surface area contributed by atoms with Gasteiger partial charge in [-0.05, 0) is 17.9 Å². The average Bonchev–Trinajstić information content (AvgIpc) is 2.73. The molecule has 14 heavy (non-hydrogen) atoms. The van der Waals surface area contributed by atoms with Crippen molar-refractivity contribution in [2.75, 3.05) is 5.75 Å².